The second-order valence-corrected chi connectivity index (χ2v) is 6.70. The van der Waals surface area contributed by atoms with E-state index in [1.54, 1.807) is 0 Å². The van der Waals surface area contributed by atoms with Gasteiger partial charge in [-0.15, -0.1) is 0 Å². The Balaban J connectivity index is 1.75. The van der Waals surface area contributed by atoms with E-state index in [2.05, 4.69) is 53.1 Å². The molecule has 3 aromatic rings. The van der Waals surface area contributed by atoms with Gasteiger partial charge in [0.25, 0.3) is 0 Å². The van der Waals surface area contributed by atoms with Gasteiger partial charge in [0.1, 0.15) is 5.60 Å². The molecular weight excluding hydrogens is 300 g/mol. The van der Waals surface area contributed by atoms with Gasteiger partial charge in [-0.05, 0) is 26.0 Å². The Bertz CT molecular complexity index is 888. The van der Waals surface area contributed by atoms with Gasteiger partial charge in [-0.2, -0.15) is 5.10 Å². The van der Waals surface area contributed by atoms with Crippen LogP contribution in [-0.4, -0.2) is 34.5 Å². The summed E-state index contributed by atoms with van der Waals surface area (Å²) in [4.78, 5) is 7.07. The van der Waals surface area contributed by atoms with Crippen LogP contribution < -0.4 is 4.90 Å². The largest absolute Gasteiger partial charge is 0.367 e. The van der Waals surface area contributed by atoms with Gasteiger partial charge in [0.05, 0.1) is 24.9 Å². The monoisotopic (exact) mass is 322 g/mol. The van der Waals surface area contributed by atoms with Crippen molar-refractivity contribution < 1.29 is 4.74 Å². The fourth-order valence-electron chi connectivity index (χ4n) is 3.49. The van der Waals surface area contributed by atoms with Crippen LogP contribution in [0, 0.1) is 6.92 Å². The molecule has 0 aliphatic carbocycles. The fourth-order valence-corrected chi connectivity index (χ4v) is 3.49. The minimum Gasteiger partial charge on any atom is -0.367 e. The fraction of sp³-hybridized carbons (Fsp3) is 0.368. The van der Waals surface area contributed by atoms with Crippen molar-refractivity contribution in [1.82, 2.24) is 14.8 Å². The Morgan fingerprint density at radius 1 is 1.25 bits per heavy atom. The quantitative estimate of drug-likeness (QED) is 0.727. The summed E-state index contributed by atoms with van der Waals surface area (Å²) in [5.74, 6) is 0. The molecule has 0 bridgehead atoms. The number of ether oxygens (including phenoxy) is 1. The average Bonchev–Trinajstić information content (AvgIpc) is 3.01. The van der Waals surface area contributed by atoms with E-state index in [0.717, 1.165) is 29.9 Å². The highest BCUT2D eigenvalue weighted by molar-refractivity contribution is 5.92. The maximum absolute atomic E-state index is 6.15. The summed E-state index contributed by atoms with van der Waals surface area (Å²) in [7, 11) is 1.94. The molecule has 4 rings (SSSR count). The molecule has 1 fully saturated rings. The van der Waals surface area contributed by atoms with Crippen LogP contribution in [0.5, 0.6) is 0 Å². The van der Waals surface area contributed by atoms with Gasteiger partial charge in [0, 0.05) is 42.1 Å². The van der Waals surface area contributed by atoms with Crippen LogP contribution in [0.15, 0.2) is 42.7 Å². The van der Waals surface area contributed by atoms with Gasteiger partial charge >= 0.3 is 0 Å². The lowest BCUT2D eigenvalue weighted by molar-refractivity contribution is -0.0465. The topological polar surface area (TPSA) is 43.2 Å². The van der Waals surface area contributed by atoms with E-state index in [4.69, 9.17) is 4.74 Å². The number of hydrogen-bond acceptors (Lipinski definition) is 4. The van der Waals surface area contributed by atoms with Crippen LogP contribution in [0.3, 0.4) is 0 Å². The van der Waals surface area contributed by atoms with E-state index < -0.39 is 0 Å². The third-order valence-electron chi connectivity index (χ3n) is 4.75. The summed E-state index contributed by atoms with van der Waals surface area (Å²) in [6.45, 7) is 6.57. The van der Waals surface area contributed by atoms with Crippen molar-refractivity contribution in [2.24, 2.45) is 7.05 Å². The molecule has 5 heteroatoms. The Kier molecular flexibility index (Phi) is 3.53. The van der Waals surface area contributed by atoms with E-state index in [9.17, 15) is 0 Å². The van der Waals surface area contributed by atoms with E-state index >= 15 is 0 Å². The Labute approximate surface area is 141 Å². The highest BCUT2D eigenvalue weighted by atomic mass is 16.5. The smallest absolute Gasteiger partial charge is 0.111 e. The van der Waals surface area contributed by atoms with Crippen molar-refractivity contribution in [3.05, 3.63) is 54.0 Å². The number of nitrogens with zero attached hydrogens (tertiary/aromatic N) is 4. The molecule has 5 nitrogen and oxygen atoms in total. The summed E-state index contributed by atoms with van der Waals surface area (Å²) in [5, 5.41) is 5.50. The number of fused-ring (bicyclic) bond motifs is 1. The van der Waals surface area contributed by atoms with Crippen LogP contribution >= 0.6 is 0 Å². The van der Waals surface area contributed by atoms with E-state index in [1.165, 1.54) is 11.1 Å². The molecule has 0 amide bonds. The Hall–Kier alpha value is -2.40. The van der Waals surface area contributed by atoms with Crippen molar-refractivity contribution in [3.63, 3.8) is 0 Å². The first kappa shape index (κ1) is 15.1. The lowest BCUT2D eigenvalue weighted by Crippen LogP contribution is -2.48. The zero-order chi connectivity index (χ0) is 16.7. The number of benzene rings is 1. The Morgan fingerprint density at radius 3 is 2.88 bits per heavy atom. The van der Waals surface area contributed by atoms with Crippen molar-refractivity contribution in [3.8, 4) is 0 Å². The number of rotatable bonds is 2. The molecule has 0 N–H and O–H groups in total. The molecule has 0 saturated carbocycles. The molecular formula is C19H22N4O. The van der Waals surface area contributed by atoms with Crippen molar-refractivity contribution in [2.45, 2.75) is 19.4 Å². The van der Waals surface area contributed by atoms with Crippen LogP contribution in [0.4, 0.5) is 5.69 Å². The number of hydrogen-bond donors (Lipinski definition) is 0. The highest BCUT2D eigenvalue weighted by Gasteiger charge is 2.35. The summed E-state index contributed by atoms with van der Waals surface area (Å²) in [5.41, 5.74) is 4.08. The molecule has 1 aromatic carbocycles. The number of aryl methyl sites for hydroxylation is 2. The predicted molar refractivity (Wildman–Crippen MR) is 95.2 cm³/mol. The number of morpholine rings is 1. The number of anilines is 1. The normalized spacial score (nSPS) is 21.4. The molecule has 1 saturated heterocycles. The summed E-state index contributed by atoms with van der Waals surface area (Å²) in [6, 6.07) is 10.5. The second kappa shape index (κ2) is 5.60. The van der Waals surface area contributed by atoms with Crippen molar-refractivity contribution in [1.29, 1.82) is 0 Å². The second-order valence-electron chi connectivity index (χ2n) is 6.70. The molecule has 1 aliphatic rings. The third kappa shape index (κ3) is 2.55. The van der Waals surface area contributed by atoms with Crippen LogP contribution in [0.25, 0.3) is 10.9 Å². The highest BCUT2D eigenvalue weighted by Crippen LogP contribution is 2.34. The number of aromatic nitrogens is 3. The van der Waals surface area contributed by atoms with Crippen LogP contribution in [-0.2, 0) is 17.4 Å². The van der Waals surface area contributed by atoms with Crippen LogP contribution in [0.2, 0.25) is 0 Å². The maximum Gasteiger partial charge on any atom is 0.111 e. The zero-order valence-electron chi connectivity index (χ0n) is 14.4. The summed E-state index contributed by atoms with van der Waals surface area (Å²) < 4.78 is 7.98. The molecule has 0 spiro atoms. The lowest BCUT2D eigenvalue weighted by atomic mass is 9.96. The first-order valence-corrected chi connectivity index (χ1v) is 8.30. The van der Waals surface area contributed by atoms with Crippen molar-refractivity contribution >= 4 is 16.6 Å². The molecule has 124 valence electrons. The first-order chi connectivity index (χ1) is 11.5. The van der Waals surface area contributed by atoms with E-state index in [1.807, 2.05) is 30.2 Å². The molecule has 1 unspecified atom stereocenters. The molecule has 2 aromatic heterocycles. The minimum atomic E-state index is -0.356. The standard InChI is InChI=1S/C19H22N4O/c1-14-10-18(16-6-4-5-7-17(16)21-14)23-8-9-24-19(2,13-23)15-11-20-22(3)12-15/h4-7,10-12H,8-9,13H2,1-3H3. The van der Waals surface area contributed by atoms with Gasteiger partial charge < -0.3 is 9.64 Å². The van der Waals surface area contributed by atoms with Gasteiger partial charge in [-0.3, -0.25) is 9.67 Å². The molecule has 24 heavy (non-hydrogen) atoms. The predicted octanol–water partition coefficient (Wildman–Crippen LogP) is 3.03. The van der Waals surface area contributed by atoms with Crippen molar-refractivity contribution in [2.75, 3.05) is 24.6 Å². The van der Waals surface area contributed by atoms with Gasteiger partial charge in [0.2, 0.25) is 0 Å². The van der Waals surface area contributed by atoms with Gasteiger partial charge in [-0.25, -0.2) is 0 Å². The summed E-state index contributed by atoms with van der Waals surface area (Å²) in [6.07, 6.45) is 3.94. The van der Waals surface area contributed by atoms with Gasteiger partial charge in [-0.1, -0.05) is 18.2 Å². The van der Waals surface area contributed by atoms with Crippen LogP contribution in [0.1, 0.15) is 18.2 Å². The van der Waals surface area contributed by atoms with E-state index in [-0.39, 0.29) is 5.60 Å². The minimum absolute atomic E-state index is 0.356. The molecule has 0 radical (unpaired) electrons. The van der Waals surface area contributed by atoms with Gasteiger partial charge in [0.15, 0.2) is 0 Å². The summed E-state index contributed by atoms with van der Waals surface area (Å²) >= 11 is 0. The zero-order valence-corrected chi connectivity index (χ0v) is 14.4. The Morgan fingerprint density at radius 2 is 2.08 bits per heavy atom. The molecule has 1 atom stereocenters. The lowest BCUT2D eigenvalue weighted by Gasteiger charge is -2.41. The maximum atomic E-state index is 6.15. The number of pyridine rings is 1. The third-order valence-corrected chi connectivity index (χ3v) is 4.75. The molecule has 1 aliphatic heterocycles. The van der Waals surface area contributed by atoms with E-state index in [0.29, 0.717) is 6.61 Å². The number of para-hydroxylation sites is 1. The average molecular weight is 322 g/mol. The SMILES string of the molecule is Cc1cc(N2CCOC(C)(c3cnn(C)c3)C2)c2ccccc2n1. The molecule has 3 heterocycles. The first-order valence-electron chi connectivity index (χ1n) is 8.30.